The minimum absolute atomic E-state index is 1.18. The molecule has 0 aromatic rings. The molecule has 0 saturated carbocycles. The molecule has 0 spiro atoms. The summed E-state index contributed by atoms with van der Waals surface area (Å²) in [7, 11) is 0. The van der Waals surface area contributed by atoms with Crippen molar-refractivity contribution in [2.45, 2.75) is 26.2 Å². The van der Waals surface area contributed by atoms with E-state index in [4.69, 9.17) is 0 Å². The van der Waals surface area contributed by atoms with Crippen molar-refractivity contribution in [3.63, 3.8) is 0 Å². The second-order valence-corrected chi connectivity index (χ2v) is 3.28. The second kappa shape index (κ2) is 3.20. The predicted octanol–water partition coefficient (Wildman–Crippen LogP) is 2.15. The van der Waals surface area contributed by atoms with Crippen molar-refractivity contribution >= 4 is 0 Å². The van der Waals surface area contributed by atoms with Crippen molar-refractivity contribution in [2.75, 3.05) is 19.6 Å². The molecular weight excluding hydrogens is 122 g/mol. The molecule has 1 heterocycles. The van der Waals surface area contributed by atoms with Gasteiger partial charge in [0.2, 0.25) is 0 Å². The highest BCUT2D eigenvalue weighted by Gasteiger charge is 2.27. The van der Waals surface area contributed by atoms with E-state index in [2.05, 4.69) is 19.7 Å². The third-order valence-corrected chi connectivity index (χ3v) is 2.51. The fourth-order valence-electron chi connectivity index (χ4n) is 1.91. The lowest BCUT2D eigenvalue weighted by Gasteiger charge is -2.28. The molecule has 10 heavy (non-hydrogen) atoms. The minimum Gasteiger partial charge on any atom is -0.298 e. The first-order chi connectivity index (χ1) is 4.83. The summed E-state index contributed by atoms with van der Waals surface area (Å²) in [5.41, 5.74) is 0. The van der Waals surface area contributed by atoms with Crippen LogP contribution in [0.1, 0.15) is 26.2 Å². The molecule has 1 aliphatic heterocycles. The maximum atomic E-state index is 3.91. The molecule has 0 aromatic heterocycles. The van der Waals surface area contributed by atoms with Crippen LogP contribution in [0.2, 0.25) is 0 Å². The number of nitrogens with zero attached hydrogens (tertiary/aromatic N) is 1. The molecule has 0 bridgehead atoms. The van der Waals surface area contributed by atoms with Gasteiger partial charge in [0.05, 0.1) is 25.8 Å². The van der Waals surface area contributed by atoms with Crippen LogP contribution in [0.15, 0.2) is 12.8 Å². The van der Waals surface area contributed by atoms with Crippen molar-refractivity contribution in [3.05, 3.63) is 12.8 Å². The maximum Gasteiger partial charge on any atom is 0.0885 e. The van der Waals surface area contributed by atoms with E-state index in [1.807, 2.05) is 0 Å². The topological polar surface area (TPSA) is 0 Å². The van der Waals surface area contributed by atoms with E-state index in [1.54, 1.807) is 0 Å². The Morgan fingerprint density at radius 1 is 1.40 bits per heavy atom. The molecule has 1 rings (SSSR count). The first-order valence-electron chi connectivity index (χ1n) is 4.32. The lowest BCUT2D eigenvalue weighted by molar-refractivity contribution is -0.866. The second-order valence-electron chi connectivity index (χ2n) is 3.28. The summed E-state index contributed by atoms with van der Waals surface area (Å²) >= 11 is 0. The first-order valence-corrected chi connectivity index (χ1v) is 4.32. The van der Waals surface area contributed by atoms with E-state index in [-0.39, 0.29) is 0 Å². The smallest absolute Gasteiger partial charge is 0.0885 e. The minimum atomic E-state index is 1.18. The van der Waals surface area contributed by atoms with Crippen LogP contribution in [0.25, 0.3) is 0 Å². The predicted molar refractivity (Wildman–Crippen MR) is 44.6 cm³/mol. The fraction of sp³-hybridized carbons (Fsp3) is 0.778. The monoisotopic (exact) mass is 140 g/mol. The third kappa shape index (κ3) is 1.40. The Balaban J connectivity index is 2.49. The van der Waals surface area contributed by atoms with Crippen LogP contribution in [-0.2, 0) is 0 Å². The number of quaternary nitrogens is 1. The highest BCUT2D eigenvalue weighted by Crippen LogP contribution is 2.19. The summed E-state index contributed by atoms with van der Waals surface area (Å²) in [5, 5.41) is 0. The zero-order chi connectivity index (χ0) is 7.45. The Morgan fingerprint density at radius 2 is 2.00 bits per heavy atom. The van der Waals surface area contributed by atoms with Crippen LogP contribution in [0.3, 0.4) is 0 Å². The summed E-state index contributed by atoms with van der Waals surface area (Å²) in [6.07, 6.45) is 6.21. The standard InChI is InChI=1S/C9H18N/c1-3-7-10(4-2)8-5-6-9-10/h4H,2-3,5-9H2,1H3/q+1. The van der Waals surface area contributed by atoms with Gasteiger partial charge in [-0.2, -0.15) is 0 Å². The molecule has 1 aliphatic rings. The van der Waals surface area contributed by atoms with Crippen LogP contribution in [0, 0.1) is 0 Å². The molecular formula is C9H18N+. The highest BCUT2D eigenvalue weighted by molar-refractivity contribution is 4.63. The lowest BCUT2D eigenvalue weighted by atomic mass is 10.3. The van der Waals surface area contributed by atoms with Crippen LogP contribution in [-0.4, -0.2) is 24.1 Å². The number of hydrogen-bond acceptors (Lipinski definition) is 0. The van der Waals surface area contributed by atoms with Crippen molar-refractivity contribution in [2.24, 2.45) is 0 Å². The maximum absolute atomic E-state index is 3.91. The summed E-state index contributed by atoms with van der Waals surface area (Å²) in [6, 6.07) is 0. The van der Waals surface area contributed by atoms with Crippen molar-refractivity contribution in [1.29, 1.82) is 0 Å². The summed E-state index contributed by atoms with van der Waals surface area (Å²) in [4.78, 5) is 0. The van der Waals surface area contributed by atoms with Gasteiger partial charge in [-0.05, 0) is 13.0 Å². The zero-order valence-electron chi connectivity index (χ0n) is 6.97. The van der Waals surface area contributed by atoms with Crippen LogP contribution >= 0.6 is 0 Å². The van der Waals surface area contributed by atoms with Gasteiger partial charge in [0.25, 0.3) is 0 Å². The molecule has 1 nitrogen and oxygen atoms in total. The van der Waals surface area contributed by atoms with Gasteiger partial charge in [0.15, 0.2) is 0 Å². The Kier molecular flexibility index (Phi) is 2.50. The third-order valence-electron chi connectivity index (χ3n) is 2.51. The molecule has 0 amide bonds. The number of rotatable bonds is 3. The molecule has 1 saturated heterocycles. The summed E-state index contributed by atoms with van der Waals surface area (Å²) in [5.74, 6) is 0. The largest absolute Gasteiger partial charge is 0.298 e. The van der Waals surface area contributed by atoms with Gasteiger partial charge in [-0.1, -0.05) is 6.92 Å². The summed E-state index contributed by atoms with van der Waals surface area (Å²) < 4.78 is 1.18. The number of likely N-dealkylation sites (tertiary alicyclic amines) is 1. The molecule has 1 fully saturated rings. The molecule has 0 N–H and O–H groups in total. The van der Waals surface area contributed by atoms with Crippen LogP contribution < -0.4 is 0 Å². The Labute approximate surface area is 63.9 Å². The molecule has 58 valence electrons. The molecule has 0 atom stereocenters. The van der Waals surface area contributed by atoms with Crippen molar-refractivity contribution in [3.8, 4) is 0 Å². The average molecular weight is 140 g/mol. The average Bonchev–Trinajstić information content (AvgIpc) is 2.39. The Bertz CT molecular complexity index is 112. The molecule has 0 unspecified atom stereocenters. The first kappa shape index (κ1) is 7.80. The molecule has 0 aromatic carbocycles. The van der Waals surface area contributed by atoms with Gasteiger partial charge in [0, 0.05) is 12.8 Å². The Hall–Kier alpha value is -0.300. The molecule has 0 radical (unpaired) electrons. The zero-order valence-corrected chi connectivity index (χ0v) is 6.97. The van der Waals surface area contributed by atoms with Crippen LogP contribution in [0.4, 0.5) is 0 Å². The lowest BCUT2D eigenvalue weighted by Crippen LogP contribution is -2.39. The van der Waals surface area contributed by atoms with E-state index in [1.165, 1.54) is 43.4 Å². The van der Waals surface area contributed by atoms with Gasteiger partial charge in [-0.15, -0.1) is 0 Å². The van der Waals surface area contributed by atoms with Gasteiger partial charge in [0.1, 0.15) is 0 Å². The van der Waals surface area contributed by atoms with Crippen molar-refractivity contribution < 1.29 is 4.48 Å². The van der Waals surface area contributed by atoms with E-state index < -0.39 is 0 Å². The van der Waals surface area contributed by atoms with Gasteiger partial charge in [-0.25, -0.2) is 0 Å². The normalized spacial score (nSPS) is 22.9. The van der Waals surface area contributed by atoms with E-state index >= 15 is 0 Å². The van der Waals surface area contributed by atoms with Crippen molar-refractivity contribution in [1.82, 2.24) is 0 Å². The summed E-state index contributed by atoms with van der Waals surface area (Å²) in [6.45, 7) is 10.1. The van der Waals surface area contributed by atoms with Gasteiger partial charge in [-0.3, -0.25) is 4.48 Å². The molecule has 1 heteroatoms. The highest BCUT2D eigenvalue weighted by atomic mass is 15.3. The van der Waals surface area contributed by atoms with E-state index in [9.17, 15) is 0 Å². The van der Waals surface area contributed by atoms with E-state index in [0.717, 1.165) is 0 Å². The number of hydrogen-bond donors (Lipinski definition) is 0. The van der Waals surface area contributed by atoms with E-state index in [0.29, 0.717) is 0 Å². The molecule has 0 aliphatic carbocycles. The fourth-order valence-corrected chi connectivity index (χ4v) is 1.91. The quantitative estimate of drug-likeness (QED) is 0.527. The van der Waals surface area contributed by atoms with Gasteiger partial charge < -0.3 is 0 Å². The Morgan fingerprint density at radius 3 is 2.40 bits per heavy atom. The van der Waals surface area contributed by atoms with Gasteiger partial charge >= 0.3 is 0 Å². The SMILES string of the molecule is C=C[N+]1(CCC)CCCC1. The van der Waals surface area contributed by atoms with Crippen LogP contribution in [0.5, 0.6) is 0 Å².